The predicted molar refractivity (Wildman–Crippen MR) is 131 cm³/mol. The van der Waals surface area contributed by atoms with Crippen LogP contribution >= 0.6 is 34.5 Å². The fraction of sp³-hybridized carbons (Fsp3) is 0.273. The first kappa shape index (κ1) is 24.0. The lowest BCUT2D eigenvalue weighted by Gasteiger charge is -2.15. The van der Waals surface area contributed by atoms with E-state index < -0.39 is 15.9 Å². The molecule has 0 unspecified atom stereocenters. The van der Waals surface area contributed by atoms with Crippen LogP contribution in [0.15, 0.2) is 46.7 Å². The molecular formula is C22H21Cl2N3O4S2. The molecular weight excluding hydrogens is 505 g/mol. The van der Waals surface area contributed by atoms with Gasteiger partial charge >= 0.3 is 0 Å². The fourth-order valence-electron chi connectivity index (χ4n) is 3.48. The molecule has 7 nitrogen and oxygen atoms in total. The van der Waals surface area contributed by atoms with Gasteiger partial charge in [0.25, 0.3) is 5.91 Å². The van der Waals surface area contributed by atoms with Gasteiger partial charge in [0, 0.05) is 29.6 Å². The highest BCUT2D eigenvalue weighted by Crippen LogP contribution is 2.35. The van der Waals surface area contributed by atoms with Gasteiger partial charge in [-0.2, -0.15) is 4.31 Å². The molecule has 0 saturated carbocycles. The first-order valence-electron chi connectivity index (χ1n) is 10.3. The molecule has 0 atom stereocenters. The van der Waals surface area contributed by atoms with Gasteiger partial charge in [-0.1, -0.05) is 35.3 Å². The van der Waals surface area contributed by atoms with Crippen molar-refractivity contribution in [3.8, 4) is 17.0 Å². The summed E-state index contributed by atoms with van der Waals surface area (Å²) >= 11 is 13.6. The highest BCUT2D eigenvalue weighted by Gasteiger charge is 2.27. The number of halogens is 2. The number of sulfonamides is 1. The van der Waals surface area contributed by atoms with Crippen molar-refractivity contribution < 1.29 is 17.9 Å². The van der Waals surface area contributed by atoms with E-state index in [1.54, 1.807) is 29.6 Å². The Labute approximate surface area is 206 Å². The number of thiazole rings is 1. The van der Waals surface area contributed by atoms with Crippen LogP contribution in [0.5, 0.6) is 5.75 Å². The second-order valence-electron chi connectivity index (χ2n) is 7.33. The number of hydrogen-bond donors (Lipinski definition) is 1. The Morgan fingerprint density at radius 3 is 2.39 bits per heavy atom. The minimum atomic E-state index is -3.46. The summed E-state index contributed by atoms with van der Waals surface area (Å²) in [6.07, 6.45) is 1.78. The molecule has 4 rings (SSSR count). The number of carbonyl (C=O) groups excluding carboxylic acids is 1. The van der Waals surface area contributed by atoms with E-state index in [0.717, 1.165) is 18.4 Å². The second kappa shape index (κ2) is 9.99. The van der Waals surface area contributed by atoms with E-state index in [1.165, 1.54) is 27.8 Å². The lowest BCUT2D eigenvalue weighted by Crippen LogP contribution is -2.27. The monoisotopic (exact) mass is 525 g/mol. The Bertz CT molecular complexity index is 1250. The molecule has 1 aliphatic heterocycles. The molecule has 0 radical (unpaired) electrons. The van der Waals surface area contributed by atoms with Crippen LogP contribution in [0.25, 0.3) is 11.3 Å². The van der Waals surface area contributed by atoms with Gasteiger partial charge in [0.05, 0.1) is 27.2 Å². The van der Waals surface area contributed by atoms with Crippen molar-refractivity contribution in [2.45, 2.75) is 24.7 Å². The summed E-state index contributed by atoms with van der Waals surface area (Å²) in [6.45, 7) is 3.33. The number of nitrogens with zero attached hydrogens (tertiary/aromatic N) is 2. The van der Waals surface area contributed by atoms with Crippen LogP contribution in [-0.4, -0.2) is 43.3 Å². The van der Waals surface area contributed by atoms with Crippen LogP contribution in [0, 0.1) is 0 Å². The zero-order valence-corrected chi connectivity index (χ0v) is 20.8. The van der Waals surface area contributed by atoms with Gasteiger partial charge < -0.3 is 4.74 Å². The highest BCUT2D eigenvalue weighted by atomic mass is 35.5. The van der Waals surface area contributed by atoms with Gasteiger partial charge in [-0.25, -0.2) is 13.4 Å². The smallest absolute Gasteiger partial charge is 0.257 e. The molecule has 1 aliphatic rings. The highest BCUT2D eigenvalue weighted by molar-refractivity contribution is 7.89. The maximum atomic E-state index is 12.7. The lowest BCUT2D eigenvalue weighted by molar-refractivity contribution is 0.102. The number of rotatable bonds is 7. The Hall–Kier alpha value is -2.17. The zero-order chi connectivity index (χ0) is 23.6. The number of benzene rings is 2. The average Bonchev–Trinajstić information content (AvgIpc) is 3.49. The average molecular weight is 526 g/mol. The quantitative estimate of drug-likeness (QED) is 0.436. The molecule has 3 aromatic rings. The maximum absolute atomic E-state index is 12.7. The van der Waals surface area contributed by atoms with Gasteiger partial charge in [0.15, 0.2) is 10.9 Å². The van der Waals surface area contributed by atoms with Crippen LogP contribution < -0.4 is 10.1 Å². The van der Waals surface area contributed by atoms with E-state index in [1.807, 2.05) is 6.92 Å². The molecule has 0 aliphatic carbocycles. The van der Waals surface area contributed by atoms with Crippen LogP contribution in [0.1, 0.15) is 30.1 Å². The summed E-state index contributed by atoms with van der Waals surface area (Å²) < 4.78 is 32.3. The van der Waals surface area contributed by atoms with Gasteiger partial charge in [0.1, 0.15) is 0 Å². The summed E-state index contributed by atoms with van der Waals surface area (Å²) in [5.41, 5.74) is 1.66. The molecule has 0 spiro atoms. The van der Waals surface area contributed by atoms with Gasteiger partial charge in [-0.15, -0.1) is 11.3 Å². The summed E-state index contributed by atoms with van der Waals surface area (Å²) in [5, 5.41) is 5.41. The van der Waals surface area contributed by atoms with Gasteiger partial charge in [-0.3, -0.25) is 10.1 Å². The maximum Gasteiger partial charge on any atom is 0.257 e. The Morgan fingerprint density at radius 1 is 1.15 bits per heavy atom. The standard InChI is InChI=1S/C22H21Cl2N3O4S2/c1-2-31-20-17(23)11-15(12-18(20)24)21(28)26-22-25-19(13-32-22)14-5-7-16(8-6-14)33(29,30)27-9-3-4-10-27/h5-8,11-13H,2-4,9-10H2,1H3,(H,25,26,28). The Balaban J connectivity index is 1.47. The topological polar surface area (TPSA) is 88.6 Å². The molecule has 0 bridgehead atoms. The third-order valence-electron chi connectivity index (χ3n) is 5.13. The molecule has 1 N–H and O–H groups in total. The summed E-state index contributed by atoms with van der Waals surface area (Å²) in [6, 6.07) is 9.59. The zero-order valence-electron chi connectivity index (χ0n) is 17.7. The first-order valence-corrected chi connectivity index (χ1v) is 13.4. The SMILES string of the molecule is CCOc1c(Cl)cc(C(=O)Nc2nc(-c3ccc(S(=O)(=O)N4CCCC4)cc3)cs2)cc1Cl. The molecule has 1 fully saturated rings. The van der Waals surface area contributed by atoms with Crippen molar-refractivity contribution in [2.24, 2.45) is 0 Å². The third-order valence-corrected chi connectivity index (χ3v) is 8.36. The van der Waals surface area contributed by atoms with E-state index in [9.17, 15) is 13.2 Å². The lowest BCUT2D eigenvalue weighted by atomic mass is 10.2. The third kappa shape index (κ3) is 5.17. The van der Waals surface area contributed by atoms with Crippen molar-refractivity contribution in [1.29, 1.82) is 0 Å². The van der Waals surface area contributed by atoms with Crippen LogP contribution in [0.3, 0.4) is 0 Å². The van der Waals surface area contributed by atoms with Crippen LogP contribution in [0.2, 0.25) is 10.0 Å². The van der Waals surface area contributed by atoms with Crippen molar-refractivity contribution in [2.75, 3.05) is 25.0 Å². The molecule has 33 heavy (non-hydrogen) atoms. The molecule has 1 aromatic heterocycles. The summed E-state index contributed by atoms with van der Waals surface area (Å²) in [7, 11) is -3.46. The summed E-state index contributed by atoms with van der Waals surface area (Å²) in [5.74, 6) is -0.0705. The number of carbonyl (C=O) groups is 1. The van der Waals surface area contributed by atoms with Crippen molar-refractivity contribution in [3.63, 3.8) is 0 Å². The van der Waals surface area contributed by atoms with E-state index in [2.05, 4.69) is 10.3 Å². The number of anilines is 1. The van der Waals surface area contributed by atoms with Crippen molar-refractivity contribution >= 4 is 55.6 Å². The normalized spacial score (nSPS) is 14.4. The predicted octanol–water partition coefficient (Wildman–Crippen LogP) is 5.55. The molecule has 1 saturated heterocycles. The fourth-order valence-corrected chi connectivity index (χ4v) is 6.31. The molecule has 174 valence electrons. The Morgan fingerprint density at radius 2 is 1.79 bits per heavy atom. The molecule has 11 heteroatoms. The molecule has 1 amide bonds. The minimum absolute atomic E-state index is 0.248. The molecule has 2 heterocycles. The van der Waals surface area contributed by atoms with Crippen molar-refractivity contribution in [3.05, 3.63) is 57.4 Å². The van der Waals surface area contributed by atoms with E-state index in [-0.39, 0.29) is 20.5 Å². The van der Waals surface area contributed by atoms with Gasteiger partial charge in [-0.05, 0) is 44.0 Å². The van der Waals surface area contributed by atoms with Crippen LogP contribution in [-0.2, 0) is 10.0 Å². The molecule has 2 aromatic carbocycles. The van der Waals surface area contributed by atoms with Gasteiger partial charge in [0.2, 0.25) is 10.0 Å². The van der Waals surface area contributed by atoms with Crippen LogP contribution in [0.4, 0.5) is 5.13 Å². The van der Waals surface area contributed by atoms with Crippen molar-refractivity contribution in [1.82, 2.24) is 9.29 Å². The largest absolute Gasteiger partial charge is 0.491 e. The number of aromatic nitrogens is 1. The number of ether oxygens (including phenoxy) is 1. The minimum Gasteiger partial charge on any atom is -0.491 e. The number of nitrogens with one attached hydrogen (secondary N) is 1. The van der Waals surface area contributed by atoms with E-state index >= 15 is 0 Å². The first-order chi connectivity index (χ1) is 15.8. The number of amides is 1. The van der Waals surface area contributed by atoms with E-state index in [4.69, 9.17) is 27.9 Å². The second-order valence-corrected chi connectivity index (χ2v) is 10.9. The Kier molecular flexibility index (Phi) is 7.25. The number of hydrogen-bond acceptors (Lipinski definition) is 6. The van der Waals surface area contributed by atoms with E-state index in [0.29, 0.717) is 36.3 Å². The summed E-state index contributed by atoms with van der Waals surface area (Å²) in [4.78, 5) is 17.3.